The molecule has 0 spiro atoms. The number of carbonyl (C=O) groups excluding carboxylic acids is 1. The maximum absolute atomic E-state index is 12.4. The van der Waals surface area contributed by atoms with E-state index < -0.39 is 0 Å². The van der Waals surface area contributed by atoms with Crippen LogP contribution in [-0.2, 0) is 11.2 Å². The number of Topliss-reactive ketones (excluding diaryl/α,β-unsaturated/α-hetero) is 1. The molecule has 104 valence electrons. The molecule has 0 aromatic heterocycles. The van der Waals surface area contributed by atoms with Gasteiger partial charge in [0, 0.05) is 24.2 Å². The minimum absolute atomic E-state index is 0.196. The average molecular weight is 268 g/mol. The first kappa shape index (κ1) is 13.0. The van der Waals surface area contributed by atoms with Crippen LogP contribution in [0.2, 0.25) is 0 Å². The van der Waals surface area contributed by atoms with Crippen LogP contribution in [0, 0.1) is 0 Å². The fourth-order valence-electron chi connectivity index (χ4n) is 2.76. The summed E-state index contributed by atoms with van der Waals surface area (Å²) in [7, 11) is 0. The summed E-state index contributed by atoms with van der Waals surface area (Å²) in [6.07, 6.45) is 4.76. The van der Waals surface area contributed by atoms with Gasteiger partial charge in [0.05, 0.1) is 0 Å². The van der Waals surface area contributed by atoms with Gasteiger partial charge in [-0.3, -0.25) is 4.79 Å². The normalized spacial score (nSPS) is 20.4. The fourth-order valence-corrected chi connectivity index (χ4v) is 2.76. The van der Waals surface area contributed by atoms with Crippen LogP contribution in [0.4, 0.5) is 0 Å². The van der Waals surface area contributed by atoms with Gasteiger partial charge in [-0.2, -0.15) is 0 Å². The molecule has 1 aromatic rings. The van der Waals surface area contributed by atoms with Gasteiger partial charge >= 0.3 is 0 Å². The van der Waals surface area contributed by atoms with Crippen molar-refractivity contribution in [1.82, 2.24) is 10.6 Å². The lowest BCUT2D eigenvalue weighted by Gasteiger charge is -2.03. The van der Waals surface area contributed by atoms with Crippen molar-refractivity contribution in [2.75, 3.05) is 13.1 Å². The number of aryl methyl sites for hydroxylation is 1. The minimum Gasteiger partial charge on any atom is -0.370 e. The highest BCUT2D eigenvalue weighted by atomic mass is 16.1. The van der Waals surface area contributed by atoms with Crippen LogP contribution in [0.3, 0.4) is 0 Å². The number of hydrogen-bond acceptors (Lipinski definition) is 3. The van der Waals surface area contributed by atoms with E-state index in [1.165, 1.54) is 5.56 Å². The number of allylic oxidation sites excluding steroid dienone is 2. The van der Waals surface area contributed by atoms with Gasteiger partial charge in [0.2, 0.25) is 0 Å². The highest BCUT2D eigenvalue weighted by Gasteiger charge is 2.27. The minimum atomic E-state index is 0.196. The molecule has 2 N–H and O–H groups in total. The molecule has 0 unspecified atom stereocenters. The maximum Gasteiger partial charge on any atom is 0.188 e. The van der Waals surface area contributed by atoms with Crippen LogP contribution >= 0.6 is 0 Å². The van der Waals surface area contributed by atoms with Crippen molar-refractivity contribution in [3.63, 3.8) is 0 Å². The molecule has 0 radical (unpaired) electrons. The Hall–Kier alpha value is -2.03. The number of carbonyl (C=O) groups is 1. The Bertz CT molecular complexity index is 574. The van der Waals surface area contributed by atoms with Crippen LogP contribution in [0.15, 0.2) is 41.2 Å². The monoisotopic (exact) mass is 268 g/mol. The van der Waals surface area contributed by atoms with Gasteiger partial charge in [0.15, 0.2) is 5.78 Å². The Morgan fingerprint density at radius 2 is 1.80 bits per heavy atom. The number of benzene rings is 1. The third-order valence-corrected chi connectivity index (χ3v) is 3.97. The van der Waals surface area contributed by atoms with Crippen LogP contribution < -0.4 is 10.6 Å². The summed E-state index contributed by atoms with van der Waals surface area (Å²) in [6, 6.07) is 8.45. The first-order chi connectivity index (χ1) is 9.78. The first-order valence-corrected chi connectivity index (χ1v) is 7.33. The highest BCUT2D eigenvalue weighted by molar-refractivity contribution is 6.13. The standard InChI is InChI=1S/C17H20N2O/c1-2-12-3-5-13(6-4-12)11-14-7-8-15(16(14)20)17-18-9-10-19-17/h3-6,11,18-19H,2,7-10H2,1H3/b14-11+. The second-order valence-electron chi connectivity index (χ2n) is 5.30. The molecule has 0 bridgehead atoms. The van der Waals surface area contributed by atoms with Crippen LogP contribution in [-0.4, -0.2) is 18.9 Å². The zero-order valence-electron chi connectivity index (χ0n) is 11.8. The van der Waals surface area contributed by atoms with Crippen molar-refractivity contribution in [2.45, 2.75) is 26.2 Å². The van der Waals surface area contributed by atoms with Gasteiger partial charge in [-0.25, -0.2) is 0 Å². The topological polar surface area (TPSA) is 41.1 Å². The quantitative estimate of drug-likeness (QED) is 0.809. The molecule has 2 fully saturated rings. The summed E-state index contributed by atoms with van der Waals surface area (Å²) in [5, 5.41) is 6.50. The Morgan fingerprint density at radius 3 is 2.45 bits per heavy atom. The molecule has 0 atom stereocenters. The molecule has 1 aliphatic heterocycles. The molecule has 3 heteroatoms. The predicted octanol–water partition coefficient (Wildman–Crippen LogP) is 2.40. The van der Waals surface area contributed by atoms with Crippen molar-refractivity contribution < 1.29 is 4.79 Å². The van der Waals surface area contributed by atoms with Crippen molar-refractivity contribution in [3.8, 4) is 0 Å². The van der Waals surface area contributed by atoms with Gasteiger partial charge in [-0.1, -0.05) is 31.2 Å². The highest BCUT2D eigenvalue weighted by Crippen LogP contribution is 2.29. The summed E-state index contributed by atoms with van der Waals surface area (Å²) in [5.74, 6) is 1.14. The Kier molecular flexibility index (Phi) is 3.59. The molecular weight excluding hydrogens is 248 g/mol. The van der Waals surface area contributed by atoms with E-state index in [-0.39, 0.29) is 5.78 Å². The Morgan fingerprint density at radius 1 is 1.10 bits per heavy atom. The van der Waals surface area contributed by atoms with E-state index in [0.717, 1.165) is 54.9 Å². The van der Waals surface area contributed by atoms with Gasteiger partial charge in [-0.15, -0.1) is 0 Å². The summed E-state index contributed by atoms with van der Waals surface area (Å²) >= 11 is 0. The van der Waals surface area contributed by atoms with Crippen molar-refractivity contribution in [1.29, 1.82) is 0 Å². The number of nitrogens with one attached hydrogen (secondary N) is 2. The summed E-state index contributed by atoms with van der Waals surface area (Å²) in [6.45, 7) is 3.96. The van der Waals surface area contributed by atoms with Crippen molar-refractivity contribution in [2.24, 2.45) is 0 Å². The van der Waals surface area contributed by atoms with Crippen molar-refractivity contribution >= 4 is 11.9 Å². The number of ketones is 1. The van der Waals surface area contributed by atoms with E-state index in [2.05, 4.69) is 41.8 Å². The molecular formula is C17H20N2O. The van der Waals surface area contributed by atoms with E-state index in [1.54, 1.807) is 0 Å². The largest absolute Gasteiger partial charge is 0.370 e. The molecule has 2 aliphatic rings. The SMILES string of the molecule is CCc1ccc(/C=C2\CCC(=C3NCCN3)C2=O)cc1. The van der Waals surface area contributed by atoms with Gasteiger partial charge in [0.25, 0.3) is 0 Å². The molecule has 1 aliphatic carbocycles. The third kappa shape index (κ3) is 2.48. The lowest BCUT2D eigenvalue weighted by molar-refractivity contribution is -0.111. The Balaban J connectivity index is 1.82. The zero-order valence-corrected chi connectivity index (χ0v) is 11.8. The molecule has 1 heterocycles. The zero-order chi connectivity index (χ0) is 13.9. The number of rotatable bonds is 2. The summed E-state index contributed by atoms with van der Waals surface area (Å²) in [4.78, 5) is 12.4. The van der Waals surface area contributed by atoms with Crippen LogP contribution in [0.5, 0.6) is 0 Å². The molecule has 0 amide bonds. The van der Waals surface area contributed by atoms with Crippen LogP contribution in [0.25, 0.3) is 6.08 Å². The van der Waals surface area contributed by atoms with E-state index in [4.69, 9.17) is 0 Å². The predicted molar refractivity (Wildman–Crippen MR) is 81.1 cm³/mol. The van der Waals surface area contributed by atoms with E-state index in [1.807, 2.05) is 6.08 Å². The average Bonchev–Trinajstić information content (AvgIpc) is 3.11. The smallest absolute Gasteiger partial charge is 0.188 e. The second kappa shape index (κ2) is 5.53. The lowest BCUT2D eigenvalue weighted by Crippen LogP contribution is -2.15. The van der Waals surface area contributed by atoms with E-state index in [9.17, 15) is 4.79 Å². The lowest BCUT2D eigenvalue weighted by atomic mass is 10.1. The fraction of sp³-hybridized carbons (Fsp3) is 0.353. The molecule has 1 saturated carbocycles. The van der Waals surface area contributed by atoms with Gasteiger partial charge in [0.1, 0.15) is 5.82 Å². The molecule has 3 nitrogen and oxygen atoms in total. The van der Waals surface area contributed by atoms with Crippen LogP contribution in [0.1, 0.15) is 30.9 Å². The second-order valence-corrected chi connectivity index (χ2v) is 5.30. The van der Waals surface area contributed by atoms with E-state index >= 15 is 0 Å². The third-order valence-electron chi connectivity index (χ3n) is 3.97. The van der Waals surface area contributed by atoms with Gasteiger partial charge in [-0.05, 0) is 36.5 Å². The summed E-state index contributed by atoms with van der Waals surface area (Å²) < 4.78 is 0. The molecule has 1 aromatic carbocycles. The molecule has 20 heavy (non-hydrogen) atoms. The number of hydrogen-bond donors (Lipinski definition) is 2. The van der Waals surface area contributed by atoms with Crippen molar-refractivity contribution in [3.05, 3.63) is 52.4 Å². The van der Waals surface area contributed by atoms with Gasteiger partial charge < -0.3 is 10.6 Å². The first-order valence-electron chi connectivity index (χ1n) is 7.33. The molecule has 3 rings (SSSR count). The summed E-state index contributed by atoms with van der Waals surface area (Å²) in [5.41, 5.74) is 4.28. The molecule has 1 saturated heterocycles. The van der Waals surface area contributed by atoms with E-state index in [0.29, 0.717) is 0 Å². The maximum atomic E-state index is 12.4. The Labute approximate surface area is 119 Å².